The Morgan fingerprint density at radius 2 is 2.33 bits per heavy atom. The fourth-order valence-corrected chi connectivity index (χ4v) is 2.02. The number of hydrogen-bond donors (Lipinski definition) is 3. The fourth-order valence-electron chi connectivity index (χ4n) is 2.02. The summed E-state index contributed by atoms with van der Waals surface area (Å²) >= 11 is 0. The molecular weight excluding hydrogens is 234 g/mol. The van der Waals surface area contributed by atoms with Crippen LogP contribution in [0.25, 0.3) is 0 Å². The number of pyridine rings is 1. The largest absolute Gasteiger partial charge is 0.485 e. The number of carboxylic acids is 1. The van der Waals surface area contributed by atoms with Crippen LogP contribution in [-0.2, 0) is 0 Å². The van der Waals surface area contributed by atoms with E-state index in [1.165, 1.54) is 6.07 Å². The van der Waals surface area contributed by atoms with Crippen molar-refractivity contribution in [1.82, 2.24) is 10.3 Å². The van der Waals surface area contributed by atoms with Gasteiger partial charge in [0, 0.05) is 25.1 Å². The number of carboxylic acid groups (broad SMARTS) is 1. The Morgan fingerprint density at radius 1 is 1.61 bits per heavy atom. The second-order valence-corrected chi connectivity index (χ2v) is 4.60. The minimum Gasteiger partial charge on any atom is -0.485 e. The molecule has 4 N–H and O–H groups in total. The summed E-state index contributed by atoms with van der Waals surface area (Å²) in [6.45, 7) is 5.30. The smallest absolute Gasteiger partial charge is 0.337 e. The van der Waals surface area contributed by atoms with Gasteiger partial charge in [-0.05, 0) is 6.92 Å². The molecule has 1 aliphatic rings. The van der Waals surface area contributed by atoms with Gasteiger partial charge in [0.15, 0.2) is 11.6 Å². The van der Waals surface area contributed by atoms with Gasteiger partial charge in [-0.1, -0.05) is 6.92 Å². The van der Waals surface area contributed by atoms with Crippen LogP contribution in [0.15, 0.2) is 6.07 Å². The lowest BCUT2D eigenvalue weighted by atomic mass is 10.1. The number of nitrogens with one attached hydrogen (secondary N) is 1. The molecule has 6 nitrogen and oxygen atoms in total. The number of anilines is 1. The number of carbonyl (C=O) groups is 1. The Morgan fingerprint density at radius 3 is 2.89 bits per heavy atom. The zero-order valence-corrected chi connectivity index (χ0v) is 10.4. The maximum atomic E-state index is 11.0. The first-order valence-electron chi connectivity index (χ1n) is 5.87. The number of nitrogens with two attached hydrogens (primary N) is 1. The highest BCUT2D eigenvalue weighted by atomic mass is 16.5. The summed E-state index contributed by atoms with van der Waals surface area (Å²) in [5.74, 6) is -0.0865. The molecule has 2 rings (SSSR count). The van der Waals surface area contributed by atoms with E-state index in [1.54, 1.807) is 6.92 Å². The molecular formula is C12H17N3O3. The summed E-state index contributed by atoms with van der Waals surface area (Å²) in [6.07, 6.45) is -0.00143. The lowest BCUT2D eigenvalue weighted by Crippen LogP contribution is -2.25. The summed E-state index contributed by atoms with van der Waals surface area (Å²) in [5, 5.41) is 12.3. The molecule has 0 aromatic carbocycles. The molecule has 2 atom stereocenters. The van der Waals surface area contributed by atoms with Crippen LogP contribution in [0.2, 0.25) is 0 Å². The number of nitrogens with zero attached hydrogens (tertiary/aromatic N) is 1. The van der Waals surface area contributed by atoms with E-state index in [1.807, 2.05) is 0 Å². The quantitative estimate of drug-likeness (QED) is 0.730. The zero-order valence-electron chi connectivity index (χ0n) is 10.4. The van der Waals surface area contributed by atoms with E-state index in [-0.39, 0.29) is 17.5 Å². The Balaban J connectivity index is 2.27. The number of aryl methyl sites for hydroxylation is 1. The monoisotopic (exact) mass is 251 g/mol. The van der Waals surface area contributed by atoms with Crippen LogP contribution >= 0.6 is 0 Å². The van der Waals surface area contributed by atoms with Crippen LogP contribution < -0.4 is 15.8 Å². The lowest BCUT2D eigenvalue weighted by Gasteiger charge is -2.18. The zero-order chi connectivity index (χ0) is 13.3. The maximum absolute atomic E-state index is 11.0. The molecule has 1 aromatic rings. The average molecular weight is 251 g/mol. The van der Waals surface area contributed by atoms with Crippen molar-refractivity contribution in [3.05, 3.63) is 17.3 Å². The molecule has 1 aromatic heterocycles. The SMILES string of the molecule is Cc1nc(N)c(OC2CNCC2C)cc1C(=O)O. The van der Waals surface area contributed by atoms with E-state index in [9.17, 15) is 4.79 Å². The molecule has 1 saturated heterocycles. The van der Waals surface area contributed by atoms with Crippen LogP contribution in [0.1, 0.15) is 23.0 Å². The molecule has 0 radical (unpaired) electrons. The van der Waals surface area contributed by atoms with E-state index in [0.717, 1.165) is 13.1 Å². The standard InChI is InChI=1S/C12H17N3O3/c1-6-4-14-5-10(6)18-9-3-8(12(16)17)7(2)15-11(9)13/h3,6,10,14H,4-5H2,1-2H3,(H2,13,15)(H,16,17). The first kappa shape index (κ1) is 12.6. The fraction of sp³-hybridized carbons (Fsp3) is 0.500. The van der Waals surface area contributed by atoms with Gasteiger partial charge in [0.2, 0.25) is 0 Å². The van der Waals surface area contributed by atoms with Crippen molar-refractivity contribution in [3.8, 4) is 5.75 Å². The van der Waals surface area contributed by atoms with Crippen LogP contribution in [0.5, 0.6) is 5.75 Å². The van der Waals surface area contributed by atoms with Crippen LogP contribution in [0.4, 0.5) is 5.82 Å². The van der Waals surface area contributed by atoms with Gasteiger partial charge in [0.1, 0.15) is 6.10 Å². The van der Waals surface area contributed by atoms with Gasteiger partial charge >= 0.3 is 5.97 Å². The first-order chi connectivity index (χ1) is 8.49. The predicted octanol–water partition coefficient (Wildman–Crippen LogP) is 0.657. The minimum atomic E-state index is -1.03. The molecule has 18 heavy (non-hydrogen) atoms. The molecule has 2 unspecified atom stereocenters. The van der Waals surface area contributed by atoms with Gasteiger partial charge in [0.25, 0.3) is 0 Å². The third-order valence-corrected chi connectivity index (χ3v) is 3.16. The van der Waals surface area contributed by atoms with E-state index in [0.29, 0.717) is 17.4 Å². The molecule has 0 spiro atoms. The Bertz CT molecular complexity index is 476. The van der Waals surface area contributed by atoms with Crippen LogP contribution in [0.3, 0.4) is 0 Å². The number of aromatic nitrogens is 1. The van der Waals surface area contributed by atoms with Gasteiger partial charge in [-0.2, -0.15) is 0 Å². The van der Waals surface area contributed by atoms with Crippen molar-refractivity contribution in [2.45, 2.75) is 20.0 Å². The highest BCUT2D eigenvalue weighted by Gasteiger charge is 2.26. The van der Waals surface area contributed by atoms with Gasteiger partial charge in [-0.15, -0.1) is 0 Å². The van der Waals surface area contributed by atoms with E-state index < -0.39 is 5.97 Å². The van der Waals surface area contributed by atoms with Crippen molar-refractivity contribution in [3.63, 3.8) is 0 Å². The highest BCUT2D eigenvalue weighted by molar-refractivity contribution is 5.89. The molecule has 1 fully saturated rings. The molecule has 0 aliphatic carbocycles. The van der Waals surface area contributed by atoms with E-state index in [4.69, 9.17) is 15.6 Å². The van der Waals surface area contributed by atoms with Gasteiger partial charge < -0.3 is 20.9 Å². The molecule has 0 amide bonds. The number of ether oxygens (including phenoxy) is 1. The van der Waals surface area contributed by atoms with Crippen LogP contribution in [0, 0.1) is 12.8 Å². The van der Waals surface area contributed by atoms with Crippen molar-refractivity contribution in [1.29, 1.82) is 0 Å². The van der Waals surface area contributed by atoms with E-state index in [2.05, 4.69) is 17.2 Å². The van der Waals surface area contributed by atoms with E-state index >= 15 is 0 Å². The number of aromatic carboxylic acids is 1. The maximum Gasteiger partial charge on any atom is 0.337 e. The van der Waals surface area contributed by atoms with Crippen molar-refractivity contribution in [2.75, 3.05) is 18.8 Å². The second kappa shape index (κ2) is 4.81. The van der Waals surface area contributed by atoms with Gasteiger partial charge in [-0.3, -0.25) is 0 Å². The first-order valence-corrected chi connectivity index (χ1v) is 5.87. The predicted molar refractivity (Wildman–Crippen MR) is 66.8 cm³/mol. The Kier molecular flexibility index (Phi) is 3.38. The van der Waals surface area contributed by atoms with Crippen molar-refractivity contribution >= 4 is 11.8 Å². The summed E-state index contributed by atoms with van der Waals surface area (Å²) in [5.41, 5.74) is 6.28. The number of nitrogen functional groups attached to an aromatic ring is 1. The molecule has 6 heteroatoms. The lowest BCUT2D eigenvalue weighted by molar-refractivity contribution is 0.0694. The molecule has 0 bridgehead atoms. The van der Waals surface area contributed by atoms with Gasteiger partial charge in [0.05, 0.1) is 11.3 Å². The van der Waals surface area contributed by atoms with Crippen LogP contribution in [-0.4, -0.2) is 35.3 Å². The third kappa shape index (κ3) is 2.38. The summed E-state index contributed by atoms with van der Waals surface area (Å²) in [7, 11) is 0. The normalized spacial score (nSPS) is 23.0. The van der Waals surface area contributed by atoms with Crippen molar-refractivity contribution < 1.29 is 14.6 Å². The Labute approximate surface area is 105 Å². The highest BCUT2D eigenvalue weighted by Crippen LogP contribution is 2.26. The molecule has 0 saturated carbocycles. The van der Waals surface area contributed by atoms with Gasteiger partial charge in [-0.25, -0.2) is 9.78 Å². The topological polar surface area (TPSA) is 97.5 Å². The minimum absolute atomic E-state index is 0.00143. The molecule has 1 aliphatic heterocycles. The molecule has 98 valence electrons. The Hall–Kier alpha value is -1.82. The van der Waals surface area contributed by atoms with Crippen molar-refractivity contribution in [2.24, 2.45) is 5.92 Å². The summed E-state index contributed by atoms with van der Waals surface area (Å²) in [4.78, 5) is 15.1. The summed E-state index contributed by atoms with van der Waals surface area (Å²) < 4.78 is 5.75. The summed E-state index contributed by atoms with van der Waals surface area (Å²) in [6, 6.07) is 1.45. The third-order valence-electron chi connectivity index (χ3n) is 3.16. The number of hydrogen-bond acceptors (Lipinski definition) is 5. The number of rotatable bonds is 3. The average Bonchev–Trinajstić information content (AvgIpc) is 2.67. The second-order valence-electron chi connectivity index (χ2n) is 4.60. The molecule has 2 heterocycles.